The third-order valence-corrected chi connectivity index (χ3v) is 5.26. The number of carbonyl (C=O) groups excluding carboxylic acids is 2. The minimum Gasteiger partial charge on any atom is -0.747 e. The van der Waals surface area contributed by atoms with Crippen LogP contribution in [-0.2, 0) is 20.2 Å². The maximum Gasteiger partial charge on any atom is 1.00 e. The molecule has 2 atom stereocenters. The molecule has 1 aromatic rings. The van der Waals surface area contributed by atoms with Gasteiger partial charge >= 0.3 is 103 Å². The van der Waals surface area contributed by atoms with E-state index in [0.29, 0.717) is 0 Å². The molecule has 2 rings (SSSR count). The summed E-state index contributed by atoms with van der Waals surface area (Å²) in [6, 6.07) is 4.79. The SMILES string of the molecule is O=C1c2ccccc2C(=O)C(S(=O)(=O)[O-])C1S(=O)(=O)[O-].[K+].[K+]. The van der Waals surface area contributed by atoms with Gasteiger partial charge in [-0.3, -0.25) is 9.59 Å². The fourth-order valence-corrected chi connectivity index (χ4v) is 4.51. The molecule has 0 radical (unpaired) electrons. The molecule has 0 saturated heterocycles. The first kappa shape index (κ1) is 23.7. The molecule has 0 saturated carbocycles. The quantitative estimate of drug-likeness (QED) is 0.354. The van der Waals surface area contributed by atoms with Crippen LogP contribution in [0.4, 0.5) is 0 Å². The summed E-state index contributed by atoms with van der Waals surface area (Å²) in [5.74, 6) is -2.72. The summed E-state index contributed by atoms with van der Waals surface area (Å²) >= 11 is 0. The van der Waals surface area contributed by atoms with Gasteiger partial charge in [0.2, 0.25) is 0 Å². The van der Waals surface area contributed by atoms with Crippen LogP contribution in [-0.4, -0.2) is 48.0 Å². The Bertz CT molecular complexity index is 746. The molecule has 12 heteroatoms. The van der Waals surface area contributed by atoms with Crippen LogP contribution in [0.2, 0.25) is 0 Å². The normalized spacial score (nSPS) is 21.4. The number of ketones is 2. The van der Waals surface area contributed by atoms with Crippen molar-refractivity contribution in [2.45, 2.75) is 10.5 Å². The summed E-state index contributed by atoms with van der Waals surface area (Å²) in [4.78, 5) is 23.9. The van der Waals surface area contributed by atoms with Gasteiger partial charge in [-0.25, -0.2) is 16.8 Å². The number of fused-ring (bicyclic) bond motifs is 1. The monoisotopic (exact) mass is 396 g/mol. The number of hydrogen-bond donors (Lipinski definition) is 0. The van der Waals surface area contributed by atoms with Crippen molar-refractivity contribution in [3.05, 3.63) is 35.4 Å². The Morgan fingerprint density at radius 2 is 1.00 bits per heavy atom. The third-order valence-electron chi connectivity index (χ3n) is 2.87. The van der Waals surface area contributed by atoms with Gasteiger partial charge in [-0.1, -0.05) is 24.3 Å². The molecule has 0 aromatic heterocycles. The van der Waals surface area contributed by atoms with Crippen LogP contribution in [0.5, 0.6) is 0 Å². The molecule has 0 heterocycles. The van der Waals surface area contributed by atoms with Crippen LogP contribution in [0.3, 0.4) is 0 Å². The van der Waals surface area contributed by atoms with E-state index < -0.39 is 42.3 Å². The van der Waals surface area contributed by atoms with Crippen molar-refractivity contribution in [3.63, 3.8) is 0 Å². The second-order valence-electron chi connectivity index (χ2n) is 4.10. The molecule has 1 aromatic carbocycles. The number of carbonyl (C=O) groups is 2. The molecule has 2 unspecified atom stereocenters. The number of benzene rings is 1. The van der Waals surface area contributed by atoms with Crippen LogP contribution < -0.4 is 103 Å². The Balaban J connectivity index is 0.00000220. The molecule has 0 aliphatic heterocycles. The molecule has 1 aliphatic carbocycles. The molecule has 0 N–H and O–H groups in total. The third kappa shape index (κ3) is 4.63. The van der Waals surface area contributed by atoms with E-state index >= 15 is 0 Å². The predicted molar refractivity (Wildman–Crippen MR) is 62.1 cm³/mol. The zero-order valence-electron chi connectivity index (χ0n) is 11.5. The molecule has 22 heavy (non-hydrogen) atoms. The predicted octanol–water partition coefficient (Wildman–Crippen LogP) is -7.10. The van der Waals surface area contributed by atoms with Crippen LogP contribution in [0.15, 0.2) is 24.3 Å². The van der Waals surface area contributed by atoms with Crippen LogP contribution in [0.1, 0.15) is 20.7 Å². The smallest absolute Gasteiger partial charge is 0.747 e. The van der Waals surface area contributed by atoms with Gasteiger partial charge in [-0.2, -0.15) is 0 Å². The number of Topliss-reactive ketones (excluding diaryl/α,β-unsaturated/α-hetero) is 2. The van der Waals surface area contributed by atoms with E-state index in [0.717, 1.165) is 12.1 Å². The van der Waals surface area contributed by atoms with Crippen molar-refractivity contribution in [1.82, 2.24) is 0 Å². The summed E-state index contributed by atoms with van der Waals surface area (Å²) in [5, 5.41) is -5.49. The summed E-state index contributed by atoms with van der Waals surface area (Å²) < 4.78 is 66.5. The van der Waals surface area contributed by atoms with Gasteiger partial charge in [0.1, 0.15) is 30.7 Å². The van der Waals surface area contributed by atoms with E-state index in [2.05, 4.69) is 0 Å². The van der Waals surface area contributed by atoms with Crippen molar-refractivity contribution >= 4 is 31.8 Å². The molecule has 108 valence electrons. The van der Waals surface area contributed by atoms with E-state index in [4.69, 9.17) is 0 Å². The fourth-order valence-electron chi connectivity index (χ4n) is 2.06. The Hall–Kier alpha value is 1.65. The van der Waals surface area contributed by atoms with Gasteiger partial charge in [-0.15, -0.1) is 0 Å². The van der Waals surface area contributed by atoms with Crippen LogP contribution in [0, 0.1) is 0 Å². The average molecular weight is 396 g/mol. The molecule has 0 spiro atoms. The Morgan fingerprint density at radius 1 is 0.727 bits per heavy atom. The van der Waals surface area contributed by atoms with Gasteiger partial charge in [-0.05, 0) is 0 Å². The molecule has 1 aliphatic rings. The van der Waals surface area contributed by atoms with E-state index in [1.54, 1.807) is 0 Å². The number of hydrogen-bond acceptors (Lipinski definition) is 8. The van der Waals surface area contributed by atoms with Crippen LogP contribution >= 0.6 is 0 Å². The topological polar surface area (TPSA) is 149 Å². The molecular weight excluding hydrogens is 390 g/mol. The Labute approximate surface area is 211 Å². The van der Waals surface area contributed by atoms with E-state index in [1.165, 1.54) is 12.1 Å². The van der Waals surface area contributed by atoms with Crippen molar-refractivity contribution in [3.8, 4) is 0 Å². The second-order valence-corrected chi connectivity index (χ2v) is 7.09. The first-order valence-corrected chi connectivity index (χ1v) is 8.06. The maximum atomic E-state index is 11.9. The van der Waals surface area contributed by atoms with Crippen molar-refractivity contribution < 1.29 is 138 Å². The molecule has 0 amide bonds. The largest absolute Gasteiger partial charge is 1.00 e. The molecule has 8 nitrogen and oxygen atoms in total. The summed E-state index contributed by atoms with van der Waals surface area (Å²) in [7, 11) is -11.0. The second kappa shape index (κ2) is 8.36. The van der Waals surface area contributed by atoms with Gasteiger partial charge in [0, 0.05) is 11.1 Å². The van der Waals surface area contributed by atoms with E-state index in [-0.39, 0.29) is 114 Å². The molecule has 0 bridgehead atoms. The van der Waals surface area contributed by atoms with Crippen molar-refractivity contribution in [2.24, 2.45) is 0 Å². The average Bonchev–Trinajstić information content (AvgIpc) is 2.30. The number of rotatable bonds is 2. The van der Waals surface area contributed by atoms with Crippen LogP contribution in [0.25, 0.3) is 0 Å². The molecule has 0 fully saturated rings. The first-order chi connectivity index (χ1) is 9.05. The van der Waals surface area contributed by atoms with Crippen molar-refractivity contribution in [2.75, 3.05) is 0 Å². The summed E-state index contributed by atoms with van der Waals surface area (Å²) in [6.45, 7) is 0. The van der Waals surface area contributed by atoms with Gasteiger partial charge in [0.15, 0.2) is 11.6 Å². The zero-order chi connectivity index (χ0) is 15.3. The summed E-state index contributed by atoms with van der Waals surface area (Å²) in [6.07, 6.45) is 0. The molecular formula is C10H6K2O8S2. The fraction of sp³-hybridized carbons (Fsp3) is 0.200. The van der Waals surface area contributed by atoms with E-state index in [1.807, 2.05) is 0 Å². The van der Waals surface area contributed by atoms with Gasteiger partial charge in [0.05, 0.1) is 0 Å². The van der Waals surface area contributed by atoms with Gasteiger partial charge in [0.25, 0.3) is 0 Å². The zero-order valence-corrected chi connectivity index (χ0v) is 19.4. The van der Waals surface area contributed by atoms with Gasteiger partial charge < -0.3 is 9.11 Å². The minimum atomic E-state index is -5.48. The maximum absolute atomic E-state index is 11.9. The first-order valence-electron chi connectivity index (χ1n) is 5.12. The standard InChI is InChI=1S/C10H8O8S2.2K/c11-7-5-3-1-2-4-6(5)8(12)10(20(16,17)18)9(7)19(13,14)15;;/h1-4,9-10H,(H,13,14,15)(H,16,17,18);;/q;2*+1/p-2. The Morgan fingerprint density at radius 3 is 1.23 bits per heavy atom. The van der Waals surface area contributed by atoms with E-state index in [9.17, 15) is 35.5 Å². The summed E-state index contributed by atoms with van der Waals surface area (Å²) in [5.41, 5.74) is -0.774. The minimum absolute atomic E-state index is 0. The van der Waals surface area contributed by atoms with Crippen molar-refractivity contribution in [1.29, 1.82) is 0 Å². The Kier molecular flexibility index (Phi) is 8.98.